The molecule has 1 aromatic carbocycles. The largest absolute Gasteiger partial charge is 0.489 e. The first-order valence-electron chi connectivity index (χ1n) is 11.3. The molecule has 34 heavy (non-hydrogen) atoms. The van der Waals surface area contributed by atoms with Gasteiger partial charge in [-0.3, -0.25) is 4.79 Å². The Bertz CT molecular complexity index is 1310. The van der Waals surface area contributed by atoms with Crippen LogP contribution in [0.5, 0.6) is 5.75 Å². The van der Waals surface area contributed by atoms with Crippen LogP contribution in [-0.4, -0.2) is 40.0 Å². The molecule has 4 aromatic rings. The minimum absolute atomic E-state index is 0.0526. The zero-order valence-electron chi connectivity index (χ0n) is 19.0. The first-order chi connectivity index (χ1) is 16.5. The summed E-state index contributed by atoms with van der Waals surface area (Å²) in [4.78, 5) is 18.2. The second-order valence-corrected chi connectivity index (χ2v) is 8.93. The average Bonchev–Trinajstić information content (AvgIpc) is 3.59. The number of furan rings is 1. The molecule has 0 aliphatic carbocycles. The molecule has 1 amide bonds. The second kappa shape index (κ2) is 9.48. The van der Waals surface area contributed by atoms with Crippen LogP contribution in [0.1, 0.15) is 43.1 Å². The molecule has 1 aliphatic heterocycles. The lowest BCUT2D eigenvalue weighted by Gasteiger charge is -2.16. The number of nitrogens with zero attached hydrogens (tertiary/aromatic N) is 3. The first kappa shape index (κ1) is 22.4. The quantitative estimate of drug-likeness (QED) is 0.363. The van der Waals surface area contributed by atoms with Crippen LogP contribution >= 0.6 is 11.6 Å². The van der Waals surface area contributed by atoms with Crippen molar-refractivity contribution in [2.45, 2.75) is 38.8 Å². The van der Waals surface area contributed by atoms with E-state index in [1.807, 2.05) is 13.8 Å². The summed E-state index contributed by atoms with van der Waals surface area (Å²) in [6, 6.07) is 10.5. The summed E-state index contributed by atoms with van der Waals surface area (Å²) in [6.07, 6.45) is 5.27. The van der Waals surface area contributed by atoms with E-state index in [9.17, 15) is 4.79 Å². The van der Waals surface area contributed by atoms with E-state index in [-0.39, 0.29) is 18.1 Å². The minimum atomic E-state index is -0.326. The van der Waals surface area contributed by atoms with Crippen LogP contribution in [0.15, 0.2) is 53.3 Å². The molecule has 0 spiro atoms. The predicted octanol–water partition coefficient (Wildman–Crippen LogP) is 5.74. The van der Waals surface area contributed by atoms with E-state index in [2.05, 4.69) is 10.4 Å². The van der Waals surface area contributed by atoms with Crippen LogP contribution < -0.4 is 10.1 Å². The van der Waals surface area contributed by atoms with Gasteiger partial charge in [0.05, 0.1) is 35.2 Å². The summed E-state index contributed by atoms with van der Waals surface area (Å²) < 4.78 is 18.9. The normalized spacial score (nSPS) is 15.8. The fourth-order valence-corrected chi connectivity index (χ4v) is 4.18. The van der Waals surface area contributed by atoms with Crippen LogP contribution in [0.25, 0.3) is 22.5 Å². The van der Waals surface area contributed by atoms with E-state index < -0.39 is 0 Å². The van der Waals surface area contributed by atoms with Crippen LogP contribution in [0.2, 0.25) is 5.02 Å². The number of amides is 1. The number of rotatable bonds is 7. The fourth-order valence-electron chi connectivity index (χ4n) is 4.01. The highest BCUT2D eigenvalue weighted by Crippen LogP contribution is 2.31. The monoisotopic (exact) mass is 480 g/mol. The summed E-state index contributed by atoms with van der Waals surface area (Å²) in [7, 11) is 0. The molecule has 0 saturated carbocycles. The number of hydrogen-bond acceptors (Lipinski definition) is 6. The van der Waals surface area contributed by atoms with Crippen molar-refractivity contribution < 1.29 is 18.7 Å². The van der Waals surface area contributed by atoms with Crippen LogP contribution in [-0.2, 0) is 4.74 Å². The number of halogens is 1. The molecule has 1 aliphatic rings. The molecule has 1 fully saturated rings. The Morgan fingerprint density at radius 1 is 1.32 bits per heavy atom. The van der Waals surface area contributed by atoms with Crippen LogP contribution in [0.4, 0.5) is 5.69 Å². The lowest BCUT2D eigenvalue weighted by atomic mass is 10.1. The van der Waals surface area contributed by atoms with Crippen molar-refractivity contribution in [3.05, 3.63) is 59.4 Å². The van der Waals surface area contributed by atoms with Crippen LogP contribution in [0, 0.1) is 0 Å². The highest BCUT2D eigenvalue weighted by molar-refractivity contribution is 6.31. The van der Waals surface area contributed by atoms with Crippen molar-refractivity contribution in [1.82, 2.24) is 14.8 Å². The molecule has 176 valence electrons. The number of fused-ring (bicyclic) bond motifs is 1. The third-order valence-electron chi connectivity index (χ3n) is 5.71. The van der Waals surface area contributed by atoms with Gasteiger partial charge < -0.3 is 19.2 Å². The highest BCUT2D eigenvalue weighted by atomic mass is 35.5. The molecular formula is C25H25ClN4O4. The number of carbonyl (C=O) groups is 1. The Balaban J connectivity index is 1.50. The van der Waals surface area contributed by atoms with E-state index in [4.69, 9.17) is 30.5 Å². The van der Waals surface area contributed by atoms with Gasteiger partial charge in [-0.05, 0) is 63.1 Å². The molecule has 5 rings (SSSR count). The standard InChI is InChI=1S/C25H25ClN4O4/c1-15(2)30-24-19(13-27-30)18(12-21(28-24)22-6-4-10-33-22)25(31)29-20-11-16(26)7-8-23(20)34-14-17-5-3-9-32-17/h4,6-8,10-13,15,17H,3,5,9,14H2,1-2H3,(H,29,31). The van der Waals surface area contributed by atoms with Crippen molar-refractivity contribution in [2.75, 3.05) is 18.5 Å². The van der Waals surface area contributed by atoms with Gasteiger partial charge in [0.15, 0.2) is 11.4 Å². The number of anilines is 1. The average molecular weight is 481 g/mol. The van der Waals surface area contributed by atoms with Gasteiger partial charge in [0.2, 0.25) is 0 Å². The van der Waals surface area contributed by atoms with Gasteiger partial charge in [0.1, 0.15) is 18.1 Å². The van der Waals surface area contributed by atoms with Crippen molar-refractivity contribution in [3.63, 3.8) is 0 Å². The Morgan fingerprint density at radius 3 is 2.94 bits per heavy atom. The Morgan fingerprint density at radius 2 is 2.21 bits per heavy atom. The van der Waals surface area contributed by atoms with Gasteiger partial charge in [-0.25, -0.2) is 9.67 Å². The topological polar surface area (TPSA) is 91.4 Å². The molecule has 3 aromatic heterocycles. The van der Waals surface area contributed by atoms with E-state index in [1.54, 1.807) is 53.5 Å². The smallest absolute Gasteiger partial charge is 0.256 e. The molecule has 1 saturated heterocycles. The minimum Gasteiger partial charge on any atom is -0.489 e. The van der Waals surface area contributed by atoms with Crippen LogP contribution in [0.3, 0.4) is 0 Å². The van der Waals surface area contributed by atoms with E-state index >= 15 is 0 Å². The number of nitrogens with one attached hydrogen (secondary N) is 1. The molecular weight excluding hydrogens is 456 g/mol. The maximum Gasteiger partial charge on any atom is 0.256 e. The third-order valence-corrected chi connectivity index (χ3v) is 5.95. The highest BCUT2D eigenvalue weighted by Gasteiger charge is 2.21. The lowest BCUT2D eigenvalue weighted by Crippen LogP contribution is -2.18. The predicted molar refractivity (Wildman–Crippen MR) is 129 cm³/mol. The Labute approximate surface area is 201 Å². The fraction of sp³-hybridized carbons (Fsp3) is 0.320. The van der Waals surface area contributed by atoms with Gasteiger partial charge in [0.25, 0.3) is 5.91 Å². The molecule has 4 heterocycles. The Hall–Kier alpha value is -3.36. The maximum absolute atomic E-state index is 13.5. The van der Waals surface area contributed by atoms with E-state index in [0.717, 1.165) is 19.4 Å². The summed E-state index contributed by atoms with van der Waals surface area (Å²) in [5, 5.41) is 8.55. The first-order valence-corrected chi connectivity index (χ1v) is 11.6. The number of hydrogen-bond donors (Lipinski definition) is 1. The number of aromatic nitrogens is 3. The van der Waals surface area contributed by atoms with Gasteiger partial charge in [-0.15, -0.1) is 0 Å². The van der Waals surface area contributed by atoms with Gasteiger partial charge in [-0.1, -0.05) is 11.6 Å². The summed E-state index contributed by atoms with van der Waals surface area (Å²) in [6.45, 7) is 5.18. The molecule has 8 nitrogen and oxygen atoms in total. The van der Waals surface area contributed by atoms with Gasteiger partial charge in [-0.2, -0.15) is 5.10 Å². The Kier molecular flexibility index (Phi) is 6.26. The maximum atomic E-state index is 13.5. The van der Waals surface area contributed by atoms with Crippen molar-refractivity contribution >= 4 is 34.2 Å². The number of carbonyl (C=O) groups excluding carboxylic acids is 1. The third kappa shape index (κ3) is 4.51. The summed E-state index contributed by atoms with van der Waals surface area (Å²) in [5.74, 6) is 0.770. The number of benzene rings is 1. The zero-order valence-corrected chi connectivity index (χ0v) is 19.7. The van der Waals surface area contributed by atoms with E-state index in [0.29, 0.717) is 51.1 Å². The molecule has 0 radical (unpaired) electrons. The molecule has 9 heteroatoms. The number of ether oxygens (including phenoxy) is 2. The molecule has 1 unspecified atom stereocenters. The summed E-state index contributed by atoms with van der Waals surface area (Å²) >= 11 is 6.23. The summed E-state index contributed by atoms with van der Waals surface area (Å²) in [5.41, 5.74) is 2.06. The van der Waals surface area contributed by atoms with Gasteiger partial charge >= 0.3 is 0 Å². The van der Waals surface area contributed by atoms with Crippen molar-refractivity contribution in [3.8, 4) is 17.2 Å². The van der Waals surface area contributed by atoms with E-state index in [1.165, 1.54) is 0 Å². The van der Waals surface area contributed by atoms with Crippen molar-refractivity contribution in [1.29, 1.82) is 0 Å². The van der Waals surface area contributed by atoms with Crippen molar-refractivity contribution in [2.24, 2.45) is 0 Å². The lowest BCUT2D eigenvalue weighted by molar-refractivity contribution is 0.0682. The zero-order chi connectivity index (χ0) is 23.7. The molecule has 1 N–H and O–H groups in total. The second-order valence-electron chi connectivity index (χ2n) is 8.49. The molecule has 1 atom stereocenters. The number of pyridine rings is 1. The molecule has 0 bridgehead atoms. The SMILES string of the molecule is CC(C)n1ncc2c(C(=O)Nc3cc(Cl)ccc3OCC3CCCO3)cc(-c3ccco3)nc21. The van der Waals surface area contributed by atoms with Gasteiger partial charge in [0, 0.05) is 17.7 Å².